The van der Waals surface area contributed by atoms with E-state index in [2.05, 4.69) is 46.8 Å². The molecule has 0 bridgehead atoms. The lowest BCUT2D eigenvalue weighted by molar-refractivity contribution is -0.148. The Kier molecular flexibility index (Phi) is 4.08. The number of aliphatic hydroxyl groups is 1. The van der Waals surface area contributed by atoms with Crippen LogP contribution in [0.1, 0.15) is 86.5 Å². The molecule has 1 unspecified atom stereocenters. The van der Waals surface area contributed by atoms with Crippen LogP contribution in [-0.2, 0) is 4.79 Å². The van der Waals surface area contributed by atoms with Crippen molar-refractivity contribution in [1.82, 2.24) is 0 Å². The van der Waals surface area contributed by atoms with Crippen molar-refractivity contribution >= 4 is 5.78 Å². The second kappa shape index (κ2) is 6.02. The Hall–Kier alpha value is -1.57. The molecule has 0 aromatic rings. The van der Waals surface area contributed by atoms with E-state index in [1.807, 2.05) is 6.92 Å². The molecule has 0 spiro atoms. The third-order valence-corrected chi connectivity index (χ3v) is 10.8. The predicted molar refractivity (Wildman–Crippen MR) is 122 cm³/mol. The van der Waals surface area contributed by atoms with E-state index in [1.165, 1.54) is 38.5 Å². The Morgan fingerprint density at radius 1 is 1.00 bits per heavy atom. The fourth-order valence-electron chi connectivity index (χ4n) is 8.51. The second-order valence-electron chi connectivity index (χ2n) is 12.2. The number of carbonyl (C=O) groups excluding carboxylic acids is 1. The first-order valence-corrected chi connectivity index (χ1v) is 12.1. The number of hydrogen-bond donors (Lipinski definition) is 1. The maximum Gasteiger partial charge on any atom is 0.220 e. The molecule has 5 aliphatic carbocycles. The molecule has 6 atom stereocenters. The first-order valence-electron chi connectivity index (χ1n) is 12.1. The van der Waals surface area contributed by atoms with Crippen molar-refractivity contribution in [1.29, 1.82) is 0 Å². The molecule has 5 aliphatic rings. The minimum absolute atomic E-state index is 0.0815. The molecule has 0 aromatic carbocycles. The molecule has 2 heteroatoms. The Morgan fingerprint density at radius 2 is 1.73 bits per heavy atom. The molecule has 3 saturated carbocycles. The van der Waals surface area contributed by atoms with Crippen molar-refractivity contribution in [2.45, 2.75) is 86.5 Å². The van der Waals surface area contributed by atoms with Gasteiger partial charge in [-0.2, -0.15) is 0 Å². The lowest BCUT2D eigenvalue weighted by Gasteiger charge is -2.69. The highest BCUT2D eigenvalue weighted by atomic mass is 16.3. The lowest BCUT2D eigenvalue weighted by atomic mass is 9.35. The SMILES string of the molecule is CC1=C(O)C(=O)C=C2C1=CC=C1[C@@]2(C)CC[C@@]2(C)C3C[C@@H](C)CC[C@]3(C)CC[C@]12C. The minimum Gasteiger partial charge on any atom is -0.504 e. The van der Waals surface area contributed by atoms with Crippen LogP contribution in [0.15, 0.2) is 46.3 Å². The Morgan fingerprint density at radius 3 is 2.47 bits per heavy atom. The van der Waals surface area contributed by atoms with Gasteiger partial charge >= 0.3 is 0 Å². The fraction of sp³-hybridized carbons (Fsp3) is 0.679. The van der Waals surface area contributed by atoms with Gasteiger partial charge in [-0.15, -0.1) is 0 Å². The molecule has 0 aliphatic heterocycles. The zero-order chi connectivity index (χ0) is 21.7. The summed E-state index contributed by atoms with van der Waals surface area (Å²) in [4.78, 5) is 12.5. The molecule has 0 aromatic heterocycles. The van der Waals surface area contributed by atoms with Crippen molar-refractivity contribution < 1.29 is 9.90 Å². The number of ketones is 1. The van der Waals surface area contributed by atoms with Crippen LogP contribution in [0.5, 0.6) is 0 Å². The van der Waals surface area contributed by atoms with E-state index >= 15 is 0 Å². The molecule has 1 N–H and O–H groups in total. The summed E-state index contributed by atoms with van der Waals surface area (Å²) in [6.07, 6.45) is 15.3. The van der Waals surface area contributed by atoms with Gasteiger partial charge in [0.15, 0.2) is 5.76 Å². The lowest BCUT2D eigenvalue weighted by Crippen LogP contribution is -2.60. The van der Waals surface area contributed by atoms with Gasteiger partial charge in [0.1, 0.15) is 0 Å². The fourth-order valence-corrected chi connectivity index (χ4v) is 8.51. The average Bonchev–Trinajstić information content (AvgIpc) is 2.70. The van der Waals surface area contributed by atoms with Crippen molar-refractivity contribution in [3.8, 4) is 0 Å². The molecule has 162 valence electrons. The third kappa shape index (κ3) is 2.29. The summed E-state index contributed by atoms with van der Waals surface area (Å²) in [5, 5.41) is 10.3. The molecule has 0 saturated heterocycles. The normalized spacial score (nSPS) is 47.9. The summed E-state index contributed by atoms with van der Waals surface area (Å²) in [6.45, 7) is 14.4. The van der Waals surface area contributed by atoms with E-state index in [0.29, 0.717) is 10.8 Å². The monoisotopic (exact) mass is 406 g/mol. The quantitative estimate of drug-likeness (QED) is 0.460. The van der Waals surface area contributed by atoms with Crippen LogP contribution in [0.25, 0.3) is 0 Å². The van der Waals surface area contributed by atoms with Gasteiger partial charge in [-0.1, -0.05) is 58.8 Å². The first-order chi connectivity index (χ1) is 14.0. The Bertz CT molecular complexity index is 961. The maximum absolute atomic E-state index is 12.5. The van der Waals surface area contributed by atoms with E-state index in [-0.39, 0.29) is 22.4 Å². The van der Waals surface area contributed by atoms with E-state index in [0.717, 1.165) is 35.0 Å². The van der Waals surface area contributed by atoms with Gasteiger partial charge in [0.25, 0.3) is 0 Å². The van der Waals surface area contributed by atoms with E-state index in [4.69, 9.17) is 0 Å². The molecular weight excluding hydrogens is 368 g/mol. The topological polar surface area (TPSA) is 37.3 Å². The van der Waals surface area contributed by atoms with Crippen molar-refractivity contribution in [3.63, 3.8) is 0 Å². The van der Waals surface area contributed by atoms with Crippen LogP contribution in [0, 0.1) is 33.5 Å². The van der Waals surface area contributed by atoms with Gasteiger partial charge in [-0.3, -0.25) is 4.79 Å². The van der Waals surface area contributed by atoms with Crippen molar-refractivity contribution in [3.05, 3.63) is 46.3 Å². The summed E-state index contributed by atoms with van der Waals surface area (Å²) in [6, 6.07) is 0. The molecule has 0 heterocycles. The van der Waals surface area contributed by atoms with Gasteiger partial charge in [0.2, 0.25) is 5.78 Å². The van der Waals surface area contributed by atoms with Gasteiger partial charge in [0.05, 0.1) is 0 Å². The molecule has 3 fully saturated rings. The van der Waals surface area contributed by atoms with Crippen LogP contribution in [0.2, 0.25) is 0 Å². The largest absolute Gasteiger partial charge is 0.504 e. The molecule has 5 rings (SSSR count). The molecule has 0 radical (unpaired) electrons. The summed E-state index contributed by atoms with van der Waals surface area (Å²) >= 11 is 0. The molecule has 30 heavy (non-hydrogen) atoms. The highest BCUT2D eigenvalue weighted by molar-refractivity contribution is 6.06. The number of fused-ring (bicyclic) bond motifs is 7. The van der Waals surface area contributed by atoms with Gasteiger partial charge in [-0.25, -0.2) is 0 Å². The van der Waals surface area contributed by atoms with Crippen molar-refractivity contribution in [2.24, 2.45) is 33.5 Å². The van der Waals surface area contributed by atoms with E-state index in [9.17, 15) is 9.90 Å². The number of aliphatic hydroxyl groups excluding tert-OH is 1. The number of hydrogen-bond acceptors (Lipinski definition) is 2. The summed E-state index contributed by atoms with van der Waals surface area (Å²) in [5.74, 6) is 1.30. The average molecular weight is 407 g/mol. The zero-order valence-corrected chi connectivity index (χ0v) is 19.7. The van der Waals surface area contributed by atoms with Crippen LogP contribution in [0.3, 0.4) is 0 Å². The maximum atomic E-state index is 12.5. The number of allylic oxidation sites excluding steroid dienone is 7. The standard InChI is InChI=1S/C28H38O2/c1-17-9-10-25(3)11-13-27(5)22-8-7-19-18(2)24(30)21(29)16-20(19)26(22,4)12-14-28(27,6)23(25)15-17/h7-8,16-17,23,30H,9-15H2,1-6H3/t17-,23?,25+,26-,27+,28-/m0/s1. The predicted octanol–water partition coefficient (Wildman–Crippen LogP) is 7.24. The number of carbonyl (C=O) groups is 1. The van der Waals surface area contributed by atoms with Crippen LogP contribution in [0.4, 0.5) is 0 Å². The Balaban J connectivity index is 1.66. The summed E-state index contributed by atoms with van der Waals surface area (Å²) in [5.41, 5.74) is 5.33. The zero-order valence-electron chi connectivity index (χ0n) is 19.7. The first kappa shape index (κ1) is 20.3. The van der Waals surface area contributed by atoms with Gasteiger partial charge in [0, 0.05) is 11.0 Å². The molecule has 0 amide bonds. The number of rotatable bonds is 0. The minimum atomic E-state index is -0.224. The highest BCUT2D eigenvalue weighted by Gasteiger charge is 2.65. The smallest absolute Gasteiger partial charge is 0.220 e. The second-order valence-corrected chi connectivity index (χ2v) is 12.2. The van der Waals surface area contributed by atoms with E-state index < -0.39 is 0 Å². The van der Waals surface area contributed by atoms with Crippen LogP contribution >= 0.6 is 0 Å². The summed E-state index contributed by atoms with van der Waals surface area (Å²) in [7, 11) is 0. The molecule has 2 nitrogen and oxygen atoms in total. The summed E-state index contributed by atoms with van der Waals surface area (Å²) < 4.78 is 0. The molecular formula is C28H38O2. The van der Waals surface area contributed by atoms with Gasteiger partial charge < -0.3 is 5.11 Å². The van der Waals surface area contributed by atoms with Crippen molar-refractivity contribution in [2.75, 3.05) is 0 Å². The highest BCUT2D eigenvalue weighted by Crippen LogP contribution is 2.74. The third-order valence-electron chi connectivity index (χ3n) is 10.8. The van der Waals surface area contributed by atoms with Crippen LogP contribution in [-0.4, -0.2) is 10.9 Å². The Labute approximate surface area is 182 Å². The van der Waals surface area contributed by atoms with E-state index in [1.54, 1.807) is 11.6 Å². The van der Waals surface area contributed by atoms with Gasteiger partial charge in [-0.05, 0) is 90.8 Å². The van der Waals surface area contributed by atoms with Crippen LogP contribution < -0.4 is 0 Å².